The van der Waals surface area contributed by atoms with Gasteiger partial charge in [-0.2, -0.15) is 0 Å². The largest absolute Gasteiger partial charge is 0.466 e. The van der Waals surface area contributed by atoms with Crippen LogP contribution in [0.5, 0.6) is 0 Å². The summed E-state index contributed by atoms with van der Waals surface area (Å²) in [6, 6.07) is 3.89. The van der Waals surface area contributed by atoms with Crippen LogP contribution >= 0.6 is 22.9 Å². The summed E-state index contributed by atoms with van der Waals surface area (Å²) >= 11 is 7.45. The third-order valence-electron chi connectivity index (χ3n) is 3.16. The first-order chi connectivity index (χ1) is 7.66. The molecule has 0 radical (unpaired) electrons. The molecule has 0 unspecified atom stereocenters. The third kappa shape index (κ3) is 2.25. The summed E-state index contributed by atoms with van der Waals surface area (Å²) in [5, 5.41) is 0. The van der Waals surface area contributed by atoms with Crippen LogP contribution in [0, 0.1) is 5.41 Å². The molecule has 0 aliphatic heterocycles. The van der Waals surface area contributed by atoms with Gasteiger partial charge in [0.05, 0.1) is 16.4 Å². The third-order valence-corrected chi connectivity index (χ3v) is 4.39. The summed E-state index contributed by atoms with van der Waals surface area (Å²) < 4.78 is 5.95. The second kappa shape index (κ2) is 4.76. The van der Waals surface area contributed by atoms with Gasteiger partial charge in [-0.25, -0.2) is 0 Å². The first kappa shape index (κ1) is 11.9. The van der Waals surface area contributed by atoms with E-state index in [0.717, 1.165) is 30.0 Å². The van der Waals surface area contributed by atoms with Gasteiger partial charge in [0.15, 0.2) is 0 Å². The maximum absolute atomic E-state index is 11.9. The van der Waals surface area contributed by atoms with Crippen molar-refractivity contribution in [3.8, 4) is 0 Å². The number of halogens is 1. The van der Waals surface area contributed by atoms with E-state index in [1.807, 2.05) is 19.1 Å². The van der Waals surface area contributed by atoms with E-state index in [-0.39, 0.29) is 11.4 Å². The molecule has 4 heteroatoms. The quantitative estimate of drug-likeness (QED) is 0.770. The molecule has 2 rings (SSSR count). The van der Waals surface area contributed by atoms with Crippen molar-refractivity contribution in [3.63, 3.8) is 0 Å². The topological polar surface area (TPSA) is 26.3 Å². The van der Waals surface area contributed by atoms with Gasteiger partial charge in [-0.3, -0.25) is 4.79 Å². The molecule has 1 aliphatic rings. The van der Waals surface area contributed by atoms with E-state index in [4.69, 9.17) is 16.3 Å². The number of hydrogen-bond donors (Lipinski definition) is 0. The Kier molecular flexibility index (Phi) is 3.55. The first-order valence-electron chi connectivity index (χ1n) is 5.58. The molecular formula is C12H15ClO2S. The summed E-state index contributed by atoms with van der Waals surface area (Å²) in [7, 11) is 0. The molecule has 0 N–H and O–H groups in total. The monoisotopic (exact) mass is 258 g/mol. The van der Waals surface area contributed by atoms with E-state index in [2.05, 4.69) is 0 Å². The van der Waals surface area contributed by atoms with Gasteiger partial charge in [-0.15, -0.1) is 11.3 Å². The molecule has 0 saturated heterocycles. The second-order valence-corrected chi connectivity index (χ2v) is 6.04. The van der Waals surface area contributed by atoms with Crippen LogP contribution in [0.4, 0.5) is 0 Å². The number of hydrogen-bond acceptors (Lipinski definition) is 3. The SMILES string of the molecule is CCOC(=O)C1(Cc2ccc(Cl)s2)CCC1. The molecule has 0 aromatic carbocycles. The van der Waals surface area contributed by atoms with Crippen molar-refractivity contribution >= 4 is 28.9 Å². The minimum absolute atomic E-state index is 0.0363. The lowest BCUT2D eigenvalue weighted by Gasteiger charge is -2.38. The van der Waals surface area contributed by atoms with Gasteiger partial charge in [-0.05, 0) is 38.3 Å². The van der Waals surface area contributed by atoms with Crippen LogP contribution in [-0.2, 0) is 16.0 Å². The zero-order valence-corrected chi connectivity index (χ0v) is 10.9. The Morgan fingerprint density at radius 1 is 1.56 bits per heavy atom. The fourth-order valence-electron chi connectivity index (χ4n) is 2.12. The Hall–Kier alpha value is -0.540. The summed E-state index contributed by atoms with van der Waals surface area (Å²) in [5.74, 6) is -0.0363. The van der Waals surface area contributed by atoms with Crippen LogP contribution in [0.15, 0.2) is 12.1 Å². The van der Waals surface area contributed by atoms with Crippen molar-refractivity contribution in [1.29, 1.82) is 0 Å². The van der Waals surface area contributed by atoms with Crippen LogP contribution in [0.1, 0.15) is 31.1 Å². The molecule has 0 spiro atoms. The van der Waals surface area contributed by atoms with Crippen LogP contribution in [0.3, 0.4) is 0 Å². The highest BCUT2D eigenvalue weighted by atomic mass is 35.5. The number of ether oxygens (including phenoxy) is 1. The van der Waals surface area contributed by atoms with Crippen molar-refractivity contribution in [2.75, 3.05) is 6.61 Å². The lowest BCUT2D eigenvalue weighted by atomic mass is 9.66. The molecule has 1 fully saturated rings. The molecule has 1 aliphatic carbocycles. The molecule has 1 aromatic heterocycles. The Morgan fingerprint density at radius 3 is 2.75 bits per heavy atom. The standard InChI is InChI=1S/C12H15ClO2S/c1-2-15-11(14)12(6-3-7-12)8-9-4-5-10(13)16-9/h4-5H,2-3,6-8H2,1H3. The Bertz CT molecular complexity index is 382. The number of thiophene rings is 1. The Morgan fingerprint density at radius 2 is 2.31 bits per heavy atom. The molecule has 2 nitrogen and oxygen atoms in total. The minimum Gasteiger partial charge on any atom is -0.466 e. The van der Waals surface area contributed by atoms with Gasteiger partial charge in [-0.1, -0.05) is 18.0 Å². The molecule has 1 saturated carbocycles. The molecule has 1 aromatic rings. The van der Waals surface area contributed by atoms with Gasteiger partial charge >= 0.3 is 5.97 Å². The molecular weight excluding hydrogens is 244 g/mol. The van der Waals surface area contributed by atoms with E-state index >= 15 is 0 Å². The second-order valence-electron chi connectivity index (χ2n) is 4.24. The molecule has 0 bridgehead atoms. The van der Waals surface area contributed by atoms with E-state index in [9.17, 15) is 4.79 Å². The number of esters is 1. The minimum atomic E-state index is -0.260. The van der Waals surface area contributed by atoms with Crippen molar-refractivity contribution in [2.45, 2.75) is 32.6 Å². The van der Waals surface area contributed by atoms with Crippen LogP contribution in [0.25, 0.3) is 0 Å². The maximum Gasteiger partial charge on any atom is 0.312 e. The highest BCUT2D eigenvalue weighted by molar-refractivity contribution is 7.16. The van der Waals surface area contributed by atoms with Crippen molar-refractivity contribution in [2.24, 2.45) is 5.41 Å². The van der Waals surface area contributed by atoms with Crippen molar-refractivity contribution in [1.82, 2.24) is 0 Å². The summed E-state index contributed by atoms with van der Waals surface area (Å²) in [6.45, 7) is 2.32. The normalized spacial score (nSPS) is 17.9. The summed E-state index contributed by atoms with van der Waals surface area (Å²) in [5.41, 5.74) is -0.260. The highest BCUT2D eigenvalue weighted by Gasteiger charge is 2.45. The van der Waals surface area contributed by atoms with Gasteiger partial charge in [0, 0.05) is 4.88 Å². The van der Waals surface area contributed by atoms with Crippen LogP contribution < -0.4 is 0 Å². The molecule has 1 heterocycles. The number of carbonyl (C=O) groups is 1. The molecule has 0 atom stereocenters. The van der Waals surface area contributed by atoms with E-state index < -0.39 is 0 Å². The van der Waals surface area contributed by atoms with Crippen LogP contribution in [-0.4, -0.2) is 12.6 Å². The zero-order chi connectivity index (χ0) is 11.6. The number of rotatable bonds is 4. The lowest BCUT2D eigenvalue weighted by molar-refractivity contribution is -0.161. The van der Waals surface area contributed by atoms with E-state index in [0.29, 0.717) is 6.61 Å². The molecule has 16 heavy (non-hydrogen) atoms. The lowest BCUT2D eigenvalue weighted by Crippen LogP contribution is -2.41. The summed E-state index contributed by atoms with van der Waals surface area (Å²) in [4.78, 5) is 13.1. The average Bonchev–Trinajstić information content (AvgIpc) is 2.58. The Labute approximate surface area is 105 Å². The highest BCUT2D eigenvalue weighted by Crippen LogP contribution is 2.46. The smallest absolute Gasteiger partial charge is 0.312 e. The average molecular weight is 259 g/mol. The van der Waals surface area contributed by atoms with Crippen molar-refractivity contribution in [3.05, 3.63) is 21.3 Å². The zero-order valence-electron chi connectivity index (χ0n) is 9.29. The van der Waals surface area contributed by atoms with Gasteiger partial charge in [0.1, 0.15) is 0 Å². The van der Waals surface area contributed by atoms with Crippen molar-refractivity contribution < 1.29 is 9.53 Å². The maximum atomic E-state index is 11.9. The van der Waals surface area contributed by atoms with E-state index in [1.54, 1.807) is 11.3 Å². The van der Waals surface area contributed by atoms with E-state index in [1.165, 1.54) is 4.88 Å². The molecule has 88 valence electrons. The molecule has 0 amide bonds. The predicted molar refractivity (Wildman–Crippen MR) is 66.0 cm³/mol. The van der Waals surface area contributed by atoms with Gasteiger partial charge in [0.2, 0.25) is 0 Å². The fraction of sp³-hybridized carbons (Fsp3) is 0.583. The first-order valence-corrected chi connectivity index (χ1v) is 6.77. The predicted octanol–water partition coefficient (Wildman–Crippen LogP) is 3.68. The Balaban J connectivity index is 2.07. The van der Waals surface area contributed by atoms with Gasteiger partial charge in [0.25, 0.3) is 0 Å². The number of carbonyl (C=O) groups excluding carboxylic acids is 1. The van der Waals surface area contributed by atoms with Gasteiger partial charge < -0.3 is 4.74 Å². The van der Waals surface area contributed by atoms with Crippen LogP contribution in [0.2, 0.25) is 4.34 Å². The fourth-order valence-corrected chi connectivity index (χ4v) is 3.35. The summed E-state index contributed by atoms with van der Waals surface area (Å²) in [6.07, 6.45) is 3.80.